The van der Waals surface area contributed by atoms with Gasteiger partial charge in [-0.3, -0.25) is 9.59 Å². The van der Waals surface area contributed by atoms with Crippen LogP contribution in [0, 0.1) is 11.7 Å². The normalized spacial score (nSPS) is 17.2. The van der Waals surface area contributed by atoms with Gasteiger partial charge < -0.3 is 10.2 Å². The monoisotopic (exact) mass is 340 g/mol. The molecule has 1 saturated heterocycles. The number of nitrogens with zero attached hydrogens (tertiary/aromatic N) is 1. The number of carbonyl (C=O) groups is 2. The minimum atomic E-state index is -0.277. The maximum Gasteiger partial charge on any atom is 0.229 e. The van der Waals surface area contributed by atoms with Crippen LogP contribution >= 0.6 is 0 Å². The molecule has 2 aromatic rings. The highest BCUT2D eigenvalue weighted by atomic mass is 19.1. The summed E-state index contributed by atoms with van der Waals surface area (Å²) >= 11 is 0. The fourth-order valence-electron chi connectivity index (χ4n) is 3.14. The first kappa shape index (κ1) is 17.1. The van der Waals surface area contributed by atoms with Crippen molar-refractivity contribution in [2.75, 3.05) is 18.4 Å². The third-order valence-electron chi connectivity index (χ3n) is 4.55. The van der Waals surface area contributed by atoms with Gasteiger partial charge in [-0.05, 0) is 48.2 Å². The highest BCUT2D eigenvalue weighted by molar-refractivity contribution is 5.93. The van der Waals surface area contributed by atoms with Crippen LogP contribution in [0.3, 0.4) is 0 Å². The largest absolute Gasteiger partial charge is 0.342 e. The Balaban J connectivity index is 1.70. The molecular formula is C20H21FN2O2. The fourth-order valence-corrected chi connectivity index (χ4v) is 3.14. The van der Waals surface area contributed by atoms with Gasteiger partial charge in [-0.15, -0.1) is 0 Å². The Bertz CT molecular complexity index is 774. The van der Waals surface area contributed by atoms with Crippen molar-refractivity contribution in [3.8, 4) is 11.1 Å². The Morgan fingerprint density at radius 3 is 2.60 bits per heavy atom. The van der Waals surface area contributed by atoms with Gasteiger partial charge >= 0.3 is 0 Å². The summed E-state index contributed by atoms with van der Waals surface area (Å²) in [5, 5.41) is 2.94. The Morgan fingerprint density at radius 1 is 1.12 bits per heavy atom. The van der Waals surface area contributed by atoms with Gasteiger partial charge in [-0.25, -0.2) is 4.39 Å². The van der Waals surface area contributed by atoms with E-state index in [0.717, 1.165) is 30.5 Å². The van der Waals surface area contributed by atoms with Crippen LogP contribution < -0.4 is 5.32 Å². The van der Waals surface area contributed by atoms with Crippen molar-refractivity contribution in [1.82, 2.24) is 4.90 Å². The molecule has 1 fully saturated rings. The van der Waals surface area contributed by atoms with Gasteiger partial charge in [-0.2, -0.15) is 0 Å². The molecular weight excluding hydrogens is 319 g/mol. The molecule has 0 bridgehead atoms. The molecule has 1 N–H and O–H groups in total. The summed E-state index contributed by atoms with van der Waals surface area (Å²) < 4.78 is 13.1. The zero-order valence-corrected chi connectivity index (χ0v) is 14.2. The van der Waals surface area contributed by atoms with Gasteiger partial charge in [0.15, 0.2) is 0 Å². The van der Waals surface area contributed by atoms with E-state index in [2.05, 4.69) is 5.32 Å². The van der Waals surface area contributed by atoms with Crippen LogP contribution in [0.25, 0.3) is 11.1 Å². The van der Waals surface area contributed by atoms with Crippen molar-refractivity contribution < 1.29 is 14.0 Å². The van der Waals surface area contributed by atoms with Crippen LogP contribution in [-0.2, 0) is 9.59 Å². The Morgan fingerprint density at radius 2 is 1.88 bits per heavy atom. The van der Waals surface area contributed by atoms with Crippen molar-refractivity contribution in [2.45, 2.75) is 19.8 Å². The van der Waals surface area contributed by atoms with Crippen LogP contribution in [0.1, 0.15) is 19.8 Å². The van der Waals surface area contributed by atoms with Gasteiger partial charge in [0.2, 0.25) is 11.8 Å². The molecule has 3 rings (SSSR count). The summed E-state index contributed by atoms with van der Waals surface area (Å²) in [5.74, 6) is -0.523. The number of anilines is 1. The molecule has 2 aromatic carbocycles. The van der Waals surface area contributed by atoms with Crippen LogP contribution in [-0.4, -0.2) is 29.8 Å². The highest BCUT2D eigenvalue weighted by Gasteiger charge is 2.27. The van der Waals surface area contributed by atoms with E-state index in [0.29, 0.717) is 12.2 Å². The molecule has 0 spiro atoms. The smallest absolute Gasteiger partial charge is 0.229 e. The molecule has 0 aliphatic carbocycles. The van der Waals surface area contributed by atoms with E-state index in [1.165, 1.54) is 19.1 Å². The Hall–Kier alpha value is -2.69. The van der Waals surface area contributed by atoms with E-state index in [4.69, 9.17) is 0 Å². The standard InChI is InChI=1S/C20H21FN2O2/c1-14(24)23-11-3-5-17(13-23)20(25)22-19-6-2-4-16(12-19)15-7-9-18(21)10-8-15/h2,4,6-10,12,17H,3,5,11,13H2,1H3,(H,22,25)/t17-/m1/s1. The van der Waals surface area contributed by atoms with Crippen molar-refractivity contribution in [1.29, 1.82) is 0 Å². The summed E-state index contributed by atoms with van der Waals surface area (Å²) in [6.07, 6.45) is 1.63. The third-order valence-corrected chi connectivity index (χ3v) is 4.55. The first-order valence-electron chi connectivity index (χ1n) is 8.45. The van der Waals surface area contributed by atoms with Gasteiger partial charge in [-0.1, -0.05) is 24.3 Å². The maximum absolute atomic E-state index is 13.1. The van der Waals surface area contributed by atoms with Gasteiger partial charge in [0, 0.05) is 25.7 Å². The second-order valence-electron chi connectivity index (χ2n) is 6.38. The lowest BCUT2D eigenvalue weighted by Gasteiger charge is -2.31. The molecule has 1 atom stereocenters. The van der Waals surface area contributed by atoms with Crippen LogP contribution in [0.2, 0.25) is 0 Å². The molecule has 1 aliphatic rings. The lowest BCUT2D eigenvalue weighted by Crippen LogP contribution is -2.42. The van der Waals surface area contributed by atoms with Crippen LogP contribution in [0.15, 0.2) is 48.5 Å². The van der Waals surface area contributed by atoms with Crippen molar-refractivity contribution in [2.24, 2.45) is 5.92 Å². The first-order valence-corrected chi connectivity index (χ1v) is 8.45. The fraction of sp³-hybridized carbons (Fsp3) is 0.300. The maximum atomic E-state index is 13.1. The molecule has 2 amide bonds. The van der Waals surface area contributed by atoms with Gasteiger partial charge in [0.05, 0.1) is 5.92 Å². The molecule has 25 heavy (non-hydrogen) atoms. The summed E-state index contributed by atoms with van der Waals surface area (Å²) in [6.45, 7) is 2.73. The van der Waals surface area contributed by atoms with E-state index >= 15 is 0 Å². The summed E-state index contributed by atoms with van der Waals surface area (Å²) in [6, 6.07) is 13.7. The van der Waals surface area contributed by atoms with E-state index < -0.39 is 0 Å². The van der Waals surface area contributed by atoms with Crippen molar-refractivity contribution in [3.63, 3.8) is 0 Å². The Labute approximate surface area is 146 Å². The van der Waals surface area contributed by atoms with E-state index in [1.807, 2.05) is 24.3 Å². The number of carbonyl (C=O) groups excluding carboxylic acids is 2. The molecule has 1 heterocycles. The minimum Gasteiger partial charge on any atom is -0.342 e. The second-order valence-corrected chi connectivity index (χ2v) is 6.38. The second kappa shape index (κ2) is 7.47. The van der Waals surface area contributed by atoms with E-state index in [9.17, 15) is 14.0 Å². The summed E-state index contributed by atoms with van der Waals surface area (Å²) in [5.41, 5.74) is 2.50. The predicted molar refractivity (Wildman–Crippen MR) is 95.4 cm³/mol. The lowest BCUT2D eigenvalue weighted by atomic mass is 9.97. The average Bonchev–Trinajstić information content (AvgIpc) is 2.62. The quantitative estimate of drug-likeness (QED) is 0.926. The number of benzene rings is 2. The van der Waals surface area contributed by atoms with Crippen LogP contribution in [0.4, 0.5) is 10.1 Å². The molecule has 0 saturated carbocycles. The molecule has 5 heteroatoms. The average molecular weight is 340 g/mol. The number of piperidine rings is 1. The van der Waals surface area contributed by atoms with Gasteiger partial charge in [0.25, 0.3) is 0 Å². The molecule has 0 radical (unpaired) electrons. The van der Waals surface area contributed by atoms with Gasteiger partial charge in [0.1, 0.15) is 5.82 Å². The zero-order chi connectivity index (χ0) is 17.8. The number of hydrogen-bond donors (Lipinski definition) is 1. The molecule has 0 unspecified atom stereocenters. The zero-order valence-electron chi connectivity index (χ0n) is 14.2. The van der Waals surface area contributed by atoms with Crippen molar-refractivity contribution in [3.05, 3.63) is 54.3 Å². The minimum absolute atomic E-state index is 0.0100. The summed E-state index contributed by atoms with van der Waals surface area (Å²) in [7, 11) is 0. The number of amides is 2. The highest BCUT2D eigenvalue weighted by Crippen LogP contribution is 2.24. The number of hydrogen-bond acceptors (Lipinski definition) is 2. The number of nitrogens with one attached hydrogen (secondary N) is 1. The molecule has 1 aliphatic heterocycles. The van der Waals surface area contributed by atoms with E-state index in [-0.39, 0.29) is 23.5 Å². The summed E-state index contributed by atoms with van der Waals surface area (Å²) in [4.78, 5) is 25.8. The van der Waals surface area contributed by atoms with Crippen molar-refractivity contribution >= 4 is 17.5 Å². The predicted octanol–water partition coefficient (Wildman–Crippen LogP) is 3.69. The number of rotatable bonds is 3. The molecule has 130 valence electrons. The number of likely N-dealkylation sites (tertiary alicyclic amines) is 1. The first-order chi connectivity index (χ1) is 12.0. The van der Waals surface area contributed by atoms with E-state index in [1.54, 1.807) is 17.0 Å². The van der Waals surface area contributed by atoms with Crippen LogP contribution in [0.5, 0.6) is 0 Å². The Kier molecular flexibility index (Phi) is 5.12. The topological polar surface area (TPSA) is 49.4 Å². The SMILES string of the molecule is CC(=O)N1CCC[C@@H](C(=O)Nc2cccc(-c3ccc(F)cc3)c2)C1. The molecule has 0 aromatic heterocycles. The lowest BCUT2D eigenvalue weighted by molar-refractivity contribution is -0.132. The number of halogens is 1. The molecule has 4 nitrogen and oxygen atoms in total. The third kappa shape index (κ3) is 4.24.